The predicted molar refractivity (Wildman–Crippen MR) is 119 cm³/mol. The summed E-state index contributed by atoms with van der Waals surface area (Å²) in [4.78, 5) is 15.3. The molecule has 0 aliphatic carbocycles. The van der Waals surface area contributed by atoms with Crippen molar-refractivity contribution in [3.05, 3.63) is 58.7 Å². The number of nitrogens with zero attached hydrogens (tertiary/aromatic N) is 4. The fourth-order valence-corrected chi connectivity index (χ4v) is 3.27. The highest BCUT2D eigenvalue weighted by Crippen LogP contribution is 2.37. The van der Waals surface area contributed by atoms with Gasteiger partial charge in [-0.1, -0.05) is 22.0 Å². The minimum Gasteiger partial charge on any atom is -0.354 e. The third-order valence-corrected chi connectivity index (χ3v) is 4.95. The van der Waals surface area contributed by atoms with Gasteiger partial charge in [-0.2, -0.15) is 18.2 Å². The summed E-state index contributed by atoms with van der Waals surface area (Å²) in [6.07, 6.45) is -1.94. The number of rotatable bonds is 8. The number of aromatic nitrogens is 3. The molecular weight excluding hydrogens is 473 g/mol. The van der Waals surface area contributed by atoms with E-state index >= 15 is 0 Å². The first-order valence-electron chi connectivity index (χ1n) is 9.55. The maximum atomic E-state index is 13.2. The van der Waals surface area contributed by atoms with Crippen molar-refractivity contribution in [2.24, 2.45) is 0 Å². The van der Waals surface area contributed by atoms with Gasteiger partial charge in [0.25, 0.3) is 0 Å². The van der Waals surface area contributed by atoms with Crippen molar-refractivity contribution in [2.75, 3.05) is 37.8 Å². The average molecular weight is 495 g/mol. The minimum atomic E-state index is -4.47. The Hall–Kier alpha value is -2.72. The zero-order valence-electron chi connectivity index (χ0n) is 17.0. The summed E-state index contributed by atoms with van der Waals surface area (Å²) in [5.74, 6) is 0.735. The van der Waals surface area contributed by atoms with Crippen LogP contribution in [-0.4, -0.2) is 47.0 Å². The van der Waals surface area contributed by atoms with Gasteiger partial charge in [0.15, 0.2) is 0 Å². The lowest BCUT2D eigenvalue weighted by molar-refractivity contribution is -0.138. The second-order valence-electron chi connectivity index (χ2n) is 7.08. The molecule has 0 saturated carbocycles. The van der Waals surface area contributed by atoms with Crippen molar-refractivity contribution in [1.29, 1.82) is 0 Å². The molecule has 6 nitrogen and oxygen atoms in total. The van der Waals surface area contributed by atoms with Crippen LogP contribution in [0.3, 0.4) is 0 Å². The normalized spacial score (nSPS) is 11.6. The number of benzene rings is 1. The number of nitrogens with one attached hydrogen (secondary N) is 2. The summed E-state index contributed by atoms with van der Waals surface area (Å²) < 4.78 is 39.7. The van der Waals surface area contributed by atoms with E-state index in [1.54, 1.807) is 24.4 Å². The van der Waals surface area contributed by atoms with E-state index in [2.05, 4.69) is 46.4 Å². The van der Waals surface area contributed by atoms with Gasteiger partial charge in [-0.3, -0.25) is 4.98 Å². The van der Waals surface area contributed by atoms with Crippen LogP contribution in [0.4, 0.5) is 30.6 Å². The van der Waals surface area contributed by atoms with Crippen LogP contribution < -0.4 is 10.6 Å². The minimum absolute atomic E-state index is 0.0225. The highest BCUT2D eigenvalue weighted by Gasteiger charge is 2.33. The van der Waals surface area contributed by atoms with Gasteiger partial charge in [-0.05, 0) is 57.4 Å². The lowest BCUT2D eigenvalue weighted by atomic mass is 10.2. The molecule has 3 aromatic rings. The molecule has 0 radical (unpaired) electrons. The first-order valence-corrected chi connectivity index (χ1v) is 10.3. The van der Waals surface area contributed by atoms with Gasteiger partial charge in [0, 0.05) is 29.0 Å². The van der Waals surface area contributed by atoms with E-state index in [0.717, 1.165) is 19.0 Å². The van der Waals surface area contributed by atoms with Gasteiger partial charge >= 0.3 is 6.18 Å². The van der Waals surface area contributed by atoms with Gasteiger partial charge in [-0.25, -0.2) is 4.98 Å². The van der Waals surface area contributed by atoms with Crippen LogP contribution in [0.5, 0.6) is 0 Å². The van der Waals surface area contributed by atoms with E-state index in [1.165, 1.54) is 6.07 Å². The molecule has 0 spiro atoms. The molecule has 0 aliphatic heterocycles. The van der Waals surface area contributed by atoms with Crippen molar-refractivity contribution in [3.63, 3.8) is 0 Å². The molecule has 10 heteroatoms. The van der Waals surface area contributed by atoms with E-state index < -0.39 is 11.7 Å². The average Bonchev–Trinajstić information content (AvgIpc) is 2.72. The Labute approximate surface area is 187 Å². The highest BCUT2D eigenvalue weighted by atomic mass is 79.9. The topological polar surface area (TPSA) is 66.0 Å². The first kappa shape index (κ1) is 23.0. The standard InChI is InChI=1S/C21H22BrF3N6/c1-31(2)11-5-10-27-20-29-18(17-6-3-4-9-26-17)13-19(30-20)28-14-7-8-16(22)15(12-14)21(23,24)25/h3-4,6-9,12-13H,5,10-11H2,1-2H3,(H2,27,28,29,30). The molecule has 0 fully saturated rings. The van der Waals surface area contributed by atoms with Gasteiger partial charge in [-0.15, -0.1) is 0 Å². The Kier molecular flexibility index (Phi) is 7.45. The summed E-state index contributed by atoms with van der Waals surface area (Å²) in [6.45, 7) is 1.55. The zero-order valence-corrected chi connectivity index (χ0v) is 18.6. The van der Waals surface area contributed by atoms with E-state index in [1.807, 2.05) is 26.2 Å². The maximum absolute atomic E-state index is 13.2. The molecule has 0 bridgehead atoms. The van der Waals surface area contributed by atoms with Gasteiger partial charge < -0.3 is 15.5 Å². The van der Waals surface area contributed by atoms with Gasteiger partial charge in [0.05, 0.1) is 17.0 Å². The molecular formula is C21H22BrF3N6. The van der Waals surface area contributed by atoms with Crippen LogP contribution in [0.2, 0.25) is 0 Å². The molecule has 2 N–H and O–H groups in total. The van der Waals surface area contributed by atoms with Gasteiger partial charge in [0.1, 0.15) is 5.82 Å². The lowest BCUT2D eigenvalue weighted by Gasteiger charge is -2.14. The van der Waals surface area contributed by atoms with Crippen molar-refractivity contribution in [2.45, 2.75) is 12.6 Å². The van der Waals surface area contributed by atoms with Crippen molar-refractivity contribution < 1.29 is 13.2 Å². The van der Waals surface area contributed by atoms with E-state index in [9.17, 15) is 13.2 Å². The number of anilines is 3. The second-order valence-corrected chi connectivity index (χ2v) is 7.93. The maximum Gasteiger partial charge on any atom is 0.417 e. The Morgan fingerprint density at radius 2 is 1.84 bits per heavy atom. The number of halogens is 4. The summed E-state index contributed by atoms with van der Waals surface area (Å²) in [5, 5.41) is 6.13. The predicted octanol–water partition coefficient (Wildman–Crippen LogP) is 5.43. The summed E-state index contributed by atoms with van der Waals surface area (Å²) in [7, 11) is 3.99. The van der Waals surface area contributed by atoms with E-state index in [4.69, 9.17) is 0 Å². The molecule has 0 atom stereocenters. The summed E-state index contributed by atoms with van der Waals surface area (Å²) in [6, 6.07) is 11.0. The number of alkyl halides is 3. The molecule has 1 aromatic carbocycles. The molecule has 0 unspecified atom stereocenters. The quantitative estimate of drug-likeness (QED) is 0.407. The van der Waals surface area contributed by atoms with Crippen LogP contribution in [-0.2, 0) is 6.18 Å². The Morgan fingerprint density at radius 1 is 1.03 bits per heavy atom. The number of hydrogen-bond donors (Lipinski definition) is 2. The molecule has 2 heterocycles. The summed E-state index contributed by atoms with van der Waals surface area (Å²) >= 11 is 2.96. The SMILES string of the molecule is CN(C)CCCNc1nc(Nc2ccc(Br)c(C(F)(F)F)c2)cc(-c2ccccn2)n1. The monoisotopic (exact) mass is 494 g/mol. The van der Waals surface area contributed by atoms with Crippen molar-refractivity contribution in [3.8, 4) is 11.4 Å². The lowest BCUT2D eigenvalue weighted by Crippen LogP contribution is -2.17. The molecule has 0 saturated heterocycles. The first-order chi connectivity index (χ1) is 14.7. The largest absolute Gasteiger partial charge is 0.417 e. The van der Waals surface area contributed by atoms with E-state index in [-0.39, 0.29) is 10.2 Å². The van der Waals surface area contributed by atoms with Crippen LogP contribution >= 0.6 is 15.9 Å². The Bertz CT molecular complexity index is 1010. The Balaban J connectivity index is 1.89. The molecule has 2 aromatic heterocycles. The van der Waals surface area contributed by atoms with Gasteiger partial charge in [0.2, 0.25) is 5.95 Å². The Morgan fingerprint density at radius 3 is 2.52 bits per heavy atom. The fourth-order valence-electron chi connectivity index (χ4n) is 2.80. The molecule has 0 amide bonds. The van der Waals surface area contributed by atoms with Crippen LogP contribution in [0.1, 0.15) is 12.0 Å². The molecule has 0 aliphatic rings. The third kappa shape index (κ3) is 6.63. The zero-order chi connectivity index (χ0) is 22.4. The van der Waals surface area contributed by atoms with Crippen LogP contribution in [0.15, 0.2) is 53.1 Å². The van der Waals surface area contributed by atoms with Crippen LogP contribution in [0, 0.1) is 0 Å². The third-order valence-electron chi connectivity index (χ3n) is 4.26. The van der Waals surface area contributed by atoms with Crippen molar-refractivity contribution in [1.82, 2.24) is 19.9 Å². The number of hydrogen-bond acceptors (Lipinski definition) is 6. The highest BCUT2D eigenvalue weighted by molar-refractivity contribution is 9.10. The number of pyridine rings is 1. The van der Waals surface area contributed by atoms with Crippen LogP contribution in [0.25, 0.3) is 11.4 Å². The smallest absolute Gasteiger partial charge is 0.354 e. The molecule has 31 heavy (non-hydrogen) atoms. The van der Waals surface area contributed by atoms with Crippen molar-refractivity contribution >= 4 is 33.4 Å². The van der Waals surface area contributed by atoms with E-state index in [0.29, 0.717) is 29.7 Å². The fraction of sp³-hybridized carbons (Fsp3) is 0.286. The molecule has 3 rings (SSSR count). The molecule has 164 valence electrons. The summed E-state index contributed by atoms with van der Waals surface area (Å²) in [5.41, 5.74) is 0.690. The second kappa shape index (κ2) is 10.1.